The molecule has 1 aliphatic rings. The number of rotatable bonds is 5. The summed E-state index contributed by atoms with van der Waals surface area (Å²) in [6.45, 7) is 6.07. The van der Waals surface area contributed by atoms with Crippen molar-refractivity contribution in [2.45, 2.75) is 13.5 Å². The van der Waals surface area contributed by atoms with Gasteiger partial charge >= 0.3 is 0 Å². The molecule has 1 saturated heterocycles. The molecule has 2 heterocycles. The summed E-state index contributed by atoms with van der Waals surface area (Å²) in [5.74, 6) is -0.206. The van der Waals surface area contributed by atoms with Crippen LogP contribution in [0, 0.1) is 6.92 Å². The first kappa shape index (κ1) is 17.2. The summed E-state index contributed by atoms with van der Waals surface area (Å²) < 4.78 is 5.01. The van der Waals surface area contributed by atoms with Crippen LogP contribution in [0.5, 0.6) is 0 Å². The van der Waals surface area contributed by atoms with E-state index >= 15 is 0 Å². The van der Waals surface area contributed by atoms with E-state index in [1.54, 1.807) is 17.0 Å². The first-order valence-corrected chi connectivity index (χ1v) is 8.50. The Morgan fingerprint density at radius 1 is 1.08 bits per heavy atom. The van der Waals surface area contributed by atoms with Gasteiger partial charge in [-0.25, -0.2) is 0 Å². The van der Waals surface area contributed by atoms with Crippen molar-refractivity contribution in [2.24, 2.45) is 0 Å². The highest BCUT2D eigenvalue weighted by Crippen LogP contribution is 2.12. The first-order valence-electron chi connectivity index (χ1n) is 8.50. The number of nitrogens with zero attached hydrogens (tertiary/aromatic N) is 2. The molecular formula is C19H23N3O3. The van der Waals surface area contributed by atoms with E-state index in [1.165, 1.54) is 17.4 Å². The maximum absolute atomic E-state index is 12.3. The highest BCUT2D eigenvalue weighted by Gasteiger charge is 2.22. The molecule has 2 amide bonds. The third-order valence-electron chi connectivity index (χ3n) is 4.53. The van der Waals surface area contributed by atoms with E-state index in [9.17, 15) is 9.59 Å². The van der Waals surface area contributed by atoms with Gasteiger partial charge in [0.15, 0.2) is 5.76 Å². The van der Waals surface area contributed by atoms with Crippen molar-refractivity contribution < 1.29 is 14.0 Å². The number of nitrogens with one attached hydrogen (secondary N) is 1. The molecule has 25 heavy (non-hydrogen) atoms. The predicted octanol–water partition coefficient (Wildman–Crippen LogP) is 1.66. The Labute approximate surface area is 147 Å². The molecule has 0 spiro atoms. The smallest absolute Gasteiger partial charge is 0.287 e. The van der Waals surface area contributed by atoms with Gasteiger partial charge in [-0.2, -0.15) is 0 Å². The number of carbonyl (C=O) groups excluding carboxylic acids is 2. The number of hydrogen-bond donors (Lipinski definition) is 1. The number of hydrogen-bond acceptors (Lipinski definition) is 4. The van der Waals surface area contributed by atoms with Crippen LogP contribution in [-0.4, -0.2) is 54.3 Å². The van der Waals surface area contributed by atoms with Gasteiger partial charge in [-0.3, -0.25) is 14.5 Å². The third-order valence-corrected chi connectivity index (χ3v) is 4.53. The van der Waals surface area contributed by atoms with E-state index in [2.05, 4.69) is 35.3 Å². The van der Waals surface area contributed by atoms with E-state index in [0.717, 1.165) is 19.6 Å². The van der Waals surface area contributed by atoms with Gasteiger partial charge in [0.1, 0.15) is 0 Å². The summed E-state index contributed by atoms with van der Waals surface area (Å²) in [5.41, 5.74) is 2.62. The number of piperazine rings is 1. The standard InChI is InChI=1S/C19H23N3O3/c1-15-5-2-3-6-16(15)14-21-8-10-22(11-9-21)18(23)13-20-19(24)17-7-4-12-25-17/h2-7,12H,8-11,13-14H2,1H3,(H,20,24). The number of amides is 2. The Kier molecular flexibility index (Phi) is 5.50. The normalized spacial score (nSPS) is 15.2. The average Bonchev–Trinajstić information content (AvgIpc) is 3.17. The molecule has 0 atom stereocenters. The second-order valence-electron chi connectivity index (χ2n) is 6.24. The van der Waals surface area contributed by atoms with Crippen molar-refractivity contribution in [3.8, 4) is 0 Å². The fourth-order valence-electron chi connectivity index (χ4n) is 2.95. The molecule has 6 heteroatoms. The molecule has 1 fully saturated rings. The summed E-state index contributed by atoms with van der Waals surface area (Å²) >= 11 is 0. The minimum atomic E-state index is -0.364. The summed E-state index contributed by atoms with van der Waals surface area (Å²) in [7, 11) is 0. The zero-order valence-electron chi connectivity index (χ0n) is 14.4. The molecule has 0 aliphatic carbocycles. The summed E-state index contributed by atoms with van der Waals surface area (Å²) in [6.07, 6.45) is 1.43. The third kappa shape index (κ3) is 4.48. The van der Waals surface area contributed by atoms with Gasteiger partial charge in [0.05, 0.1) is 12.8 Å². The lowest BCUT2D eigenvalue weighted by molar-refractivity contribution is -0.131. The minimum Gasteiger partial charge on any atom is -0.459 e. The van der Waals surface area contributed by atoms with Crippen molar-refractivity contribution in [1.82, 2.24) is 15.1 Å². The Bertz CT molecular complexity index is 719. The zero-order valence-corrected chi connectivity index (χ0v) is 14.4. The van der Waals surface area contributed by atoms with E-state index in [4.69, 9.17) is 4.42 Å². The SMILES string of the molecule is Cc1ccccc1CN1CCN(C(=O)CNC(=O)c2ccco2)CC1. The van der Waals surface area contributed by atoms with Crippen molar-refractivity contribution in [3.05, 3.63) is 59.5 Å². The predicted molar refractivity (Wildman–Crippen MR) is 94.1 cm³/mol. The van der Waals surface area contributed by atoms with E-state index < -0.39 is 0 Å². The van der Waals surface area contributed by atoms with Crippen molar-refractivity contribution >= 4 is 11.8 Å². The maximum atomic E-state index is 12.3. The number of furan rings is 1. The van der Waals surface area contributed by atoms with Crippen LogP contribution >= 0.6 is 0 Å². The van der Waals surface area contributed by atoms with Crippen LogP contribution in [0.4, 0.5) is 0 Å². The van der Waals surface area contributed by atoms with Crippen LogP contribution in [0.25, 0.3) is 0 Å². The van der Waals surface area contributed by atoms with E-state index in [-0.39, 0.29) is 24.1 Å². The lowest BCUT2D eigenvalue weighted by Crippen LogP contribution is -2.50. The highest BCUT2D eigenvalue weighted by atomic mass is 16.3. The largest absolute Gasteiger partial charge is 0.459 e. The van der Waals surface area contributed by atoms with Gasteiger partial charge < -0.3 is 14.6 Å². The monoisotopic (exact) mass is 341 g/mol. The molecular weight excluding hydrogens is 318 g/mol. The van der Waals surface area contributed by atoms with Crippen LogP contribution in [0.1, 0.15) is 21.7 Å². The summed E-state index contributed by atoms with van der Waals surface area (Å²) in [5, 5.41) is 2.60. The Hall–Kier alpha value is -2.60. The topological polar surface area (TPSA) is 65.8 Å². The lowest BCUT2D eigenvalue weighted by atomic mass is 10.1. The molecule has 1 aliphatic heterocycles. The zero-order chi connectivity index (χ0) is 17.6. The molecule has 1 N–H and O–H groups in total. The van der Waals surface area contributed by atoms with Crippen LogP contribution in [0.3, 0.4) is 0 Å². The van der Waals surface area contributed by atoms with E-state index in [1.807, 2.05) is 6.07 Å². The quantitative estimate of drug-likeness (QED) is 0.898. The highest BCUT2D eigenvalue weighted by molar-refractivity contribution is 5.94. The molecule has 0 unspecified atom stereocenters. The molecule has 0 saturated carbocycles. The second kappa shape index (κ2) is 7.98. The number of aryl methyl sites for hydroxylation is 1. The summed E-state index contributed by atoms with van der Waals surface area (Å²) in [4.78, 5) is 28.2. The van der Waals surface area contributed by atoms with Crippen LogP contribution in [-0.2, 0) is 11.3 Å². The molecule has 3 rings (SSSR count). The van der Waals surface area contributed by atoms with Gasteiger partial charge in [-0.15, -0.1) is 0 Å². The Balaban J connectivity index is 1.43. The Morgan fingerprint density at radius 3 is 2.52 bits per heavy atom. The number of benzene rings is 1. The van der Waals surface area contributed by atoms with Gasteiger partial charge in [0.2, 0.25) is 5.91 Å². The molecule has 0 bridgehead atoms. The summed E-state index contributed by atoms with van der Waals surface area (Å²) in [6, 6.07) is 11.6. The first-order chi connectivity index (χ1) is 12.1. The minimum absolute atomic E-state index is 0.00265. The van der Waals surface area contributed by atoms with Gasteiger partial charge in [-0.1, -0.05) is 24.3 Å². The average molecular weight is 341 g/mol. The van der Waals surface area contributed by atoms with Crippen molar-refractivity contribution in [2.75, 3.05) is 32.7 Å². The van der Waals surface area contributed by atoms with Crippen molar-refractivity contribution in [3.63, 3.8) is 0 Å². The van der Waals surface area contributed by atoms with Crippen molar-refractivity contribution in [1.29, 1.82) is 0 Å². The van der Waals surface area contributed by atoms with Gasteiger partial charge in [-0.05, 0) is 30.2 Å². The molecule has 2 aromatic rings. The molecule has 6 nitrogen and oxygen atoms in total. The lowest BCUT2D eigenvalue weighted by Gasteiger charge is -2.35. The molecule has 1 aromatic heterocycles. The van der Waals surface area contributed by atoms with Crippen LogP contribution < -0.4 is 5.32 Å². The molecule has 132 valence electrons. The number of carbonyl (C=O) groups is 2. The van der Waals surface area contributed by atoms with Crippen LogP contribution in [0.15, 0.2) is 47.1 Å². The fraction of sp³-hybridized carbons (Fsp3) is 0.368. The molecule has 0 radical (unpaired) electrons. The van der Waals surface area contributed by atoms with E-state index in [0.29, 0.717) is 13.1 Å². The maximum Gasteiger partial charge on any atom is 0.287 e. The van der Waals surface area contributed by atoms with Gasteiger partial charge in [0.25, 0.3) is 5.91 Å². The second-order valence-corrected chi connectivity index (χ2v) is 6.24. The fourth-order valence-corrected chi connectivity index (χ4v) is 2.95. The van der Waals surface area contributed by atoms with Gasteiger partial charge in [0, 0.05) is 32.7 Å². The molecule has 1 aromatic carbocycles. The Morgan fingerprint density at radius 2 is 1.84 bits per heavy atom. The van der Waals surface area contributed by atoms with Crippen LogP contribution in [0.2, 0.25) is 0 Å².